The molecule has 2 aromatic carbocycles. The number of halogens is 1. The van der Waals surface area contributed by atoms with Crippen LogP contribution >= 0.6 is 11.6 Å². The molecule has 0 aliphatic heterocycles. The summed E-state index contributed by atoms with van der Waals surface area (Å²) in [6.45, 7) is 10.4. The van der Waals surface area contributed by atoms with E-state index < -0.39 is 0 Å². The third-order valence-corrected chi connectivity index (χ3v) is 4.51. The highest BCUT2D eigenvalue weighted by Gasteiger charge is 2.06. The Morgan fingerprint density at radius 3 is 1.21 bits per heavy atom. The maximum atomic E-state index is 9.11. The summed E-state index contributed by atoms with van der Waals surface area (Å²) < 4.78 is 25.7. The lowest BCUT2D eigenvalue weighted by Crippen LogP contribution is -2.07. The second-order valence-corrected chi connectivity index (χ2v) is 7.55. The number of methoxy groups -OCH3 is 3. The van der Waals surface area contributed by atoms with Crippen molar-refractivity contribution in [2.45, 2.75) is 27.7 Å². The maximum absolute atomic E-state index is 9.11. The molecule has 0 aromatic heterocycles. The molecule has 8 heteroatoms. The van der Waals surface area contributed by atoms with Gasteiger partial charge in [0.25, 0.3) is 0 Å². The molecular formula is C25H39ClO7. The van der Waals surface area contributed by atoms with Gasteiger partial charge in [0, 0.05) is 27.2 Å². The van der Waals surface area contributed by atoms with Crippen molar-refractivity contribution < 1.29 is 33.9 Å². The summed E-state index contributed by atoms with van der Waals surface area (Å²) >= 11 is 5.18. The Bertz CT molecular complexity index is 709. The van der Waals surface area contributed by atoms with Crippen LogP contribution in [0.3, 0.4) is 0 Å². The summed E-state index contributed by atoms with van der Waals surface area (Å²) in [6.07, 6.45) is 0. The van der Waals surface area contributed by atoms with Crippen LogP contribution < -0.4 is 9.47 Å². The normalized spacial score (nSPS) is 9.94. The molecule has 0 aliphatic rings. The minimum absolute atomic E-state index is 0.232. The molecule has 33 heavy (non-hydrogen) atoms. The van der Waals surface area contributed by atoms with E-state index >= 15 is 0 Å². The number of alkyl halides is 1. The van der Waals surface area contributed by atoms with Crippen molar-refractivity contribution >= 4 is 11.6 Å². The van der Waals surface area contributed by atoms with Crippen molar-refractivity contribution in [3.05, 3.63) is 46.5 Å². The van der Waals surface area contributed by atoms with Crippen LogP contribution in [0.1, 0.15) is 22.3 Å². The van der Waals surface area contributed by atoms with Gasteiger partial charge in [-0.25, -0.2) is 0 Å². The van der Waals surface area contributed by atoms with Gasteiger partial charge in [-0.1, -0.05) is 0 Å². The lowest BCUT2D eigenvalue weighted by molar-refractivity contribution is 0.143. The molecule has 0 bridgehead atoms. The largest absolute Gasteiger partial charge is 0.508 e. The molecule has 0 saturated heterocycles. The van der Waals surface area contributed by atoms with Crippen LogP contribution in [0.25, 0.3) is 0 Å². The van der Waals surface area contributed by atoms with E-state index in [1.165, 1.54) is 0 Å². The van der Waals surface area contributed by atoms with Crippen molar-refractivity contribution in [2.24, 2.45) is 0 Å². The fourth-order valence-corrected chi connectivity index (χ4v) is 2.56. The zero-order valence-corrected chi connectivity index (χ0v) is 21.6. The molecule has 0 amide bonds. The topological polar surface area (TPSA) is 86.6 Å². The lowest BCUT2D eigenvalue weighted by Gasteiger charge is -2.14. The summed E-state index contributed by atoms with van der Waals surface area (Å²) in [6, 6.07) is 7.08. The molecule has 0 aliphatic carbocycles. The number of hydrogen-bond donors (Lipinski definition) is 2. The second-order valence-electron chi connectivity index (χ2n) is 7.17. The summed E-state index contributed by atoms with van der Waals surface area (Å²) in [5.74, 6) is 2.81. The summed E-state index contributed by atoms with van der Waals surface area (Å²) in [4.78, 5) is 0. The zero-order chi connectivity index (χ0) is 25.2. The van der Waals surface area contributed by atoms with Gasteiger partial charge in [0.05, 0.1) is 19.8 Å². The molecule has 7 nitrogen and oxygen atoms in total. The van der Waals surface area contributed by atoms with Crippen LogP contribution in [-0.2, 0) is 14.2 Å². The summed E-state index contributed by atoms with van der Waals surface area (Å²) in [5, 5.41) is 18.2. The van der Waals surface area contributed by atoms with E-state index in [2.05, 4.69) is 4.74 Å². The van der Waals surface area contributed by atoms with E-state index in [1.807, 2.05) is 26.0 Å². The predicted octanol–water partition coefficient (Wildman–Crippen LogP) is 4.94. The quantitative estimate of drug-likeness (QED) is 0.279. The number of benzene rings is 2. The fourth-order valence-electron chi connectivity index (χ4n) is 2.41. The van der Waals surface area contributed by atoms with Crippen LogP contribution in [0.15, 0.2) is 24.3 Å². The van der Waals surface area contributed by atoms with E-state index in [-0.39, 0.29) is 11.5 Å². The highest BCUT2D eigenvalue weighted by atomic mass is 35.5. The van der Waals surface area contributed by atoms with Gasteiger partial charge in [0.1, 0.15) is 36.2 Å². The SMILES string of the molecule is COCCCl.COCCOc1cc(C)c(OCCOC)cc1C.Cc1cc(O)c(C)cc1O. The van der Waals surface area contributed by atoms with E-state index in [9.17, 15) is 0 Å². The van der Waals surface area contributed by atoms with E-state index in [0.29, 0.717) is 50.0 Å². The van der Waals surface area contributed by atoms with E-state index in [0.717, 1.165) is 22.6 Å². The molecule has 0 atom stereocenters. The molecular weight excluding hydrogens is 448 g/mol. The number of rotatable bonds is 10. The van der Waals surface area contributed by atoms with Gasteiger partial charge in [-0.15, -0.1) is 11.6 Å². The number of phenolic OH excluding ortho intramolecular Hbond substituents is 2. The minimum Gasteiger partial charge on any atom is -0.508 e. The Balaban J connectivity index is 0.000000569. The van der Waals surface area contributed by atoms with Crippen molar-refractivity contribution in [3.63, 3.8) is 0 Å². The van der Waals surface area contributed by atoms with Crippen LogP contribution in [0.5, 0.6) is 23.0 Å². The molecule has 2 N–H and O–H groups in total. The standard InChI is InChI=1S/C14H22O4.C8H10O2.C3H7ClO/c1-11-9-14(18-8-6-16-4)12(2)10-13(11)17-7-5-15-3;1-5-3-8(10)6(2)4-7(5)9;1-5-3-2-4/h9-10H,5-8H2,1-4H3;3-4,9-10H,1-2H3;2-3H2,1H3. The number of phenols is 2. The molecule has 0 saturated carbocycles. The number of aryl methyl sites for hydroxylation is 4. The average molecular weight is 487 g/mol. The molecule has 0 heterocycles. The fraction of sp³-hybridized carbons (Fsp3) is 0.520. The molecule has 0 unspecified atom stereocenters. The van der Waals surface area contributed by atoms with Gasteiger partial charge >= 0.3 is 0 Å². The third-order valence-electron chi connectivity index (χ3n) is 4.36. The second kappa shape index (κ2) is 18.3. The number of aromatic hydroxyl groups is 2. The first kappa shape index (κ1) is 30.8. The van der Waals surface area contributed by atoms with Gasteiger partial charge in [-0.3, -0.25) is 0 Å². The van der Waals surface area contributed by atoms with Crippen LogP contribution in [-0.4, -0.2) is 70.5 Å². The van der Waals surface area contributed by atoms with Gasteiger partial charge in [0.15, 0.2) is 0 Å². The molecule has 0 radical (unpaired) electrons. The van der Waals surface area contributed by atoms with Crippen molar-refractivity contribution in [2.75, 3.05) is 60.2 Å². The Morgan fingerprint density at radius 1 is 0.576 bits per heavy atom. The average Bonchev–Trinajstić information content (AvgIpc) is 2.77. The first-order valence-corrected chi connectivity index (χ1v) is 11.1. The molecule has 188 valence electrons. The Labute approximate surface area is 203 Å². The molecule has 0 spiro atoms. The lowest BCUT2D eigenvalue weighted by atomic mass is 10.1. The van der Waals surface area contributed by atoms with E-state index in [4.69, 9.17) is 40.8 Å². The molecule has 0 fully saturated rings. The Morgan fingerprint density at radius 2 is 0.939 bits per heavy atom. The smallest absolute Gasteiger partial charge is 0.122 e. The number of ether oxygens (including phenoxy) is 5. The molecule has 2 rings (SSSR count). The van der Waals surface area contributed by atoms with Crippen LogP contribution in [0.4, 0.5) is 0 Å². The maximum Gasteiger partial charge on any atom is 0.122 e. The van der Waals surface area contributed by atoms with Crippen LogP contribution in [0, 0.1) is 27.7 Å². The van der Waals surface area contributed by atoms with Gasteiger partial charge < -0.3 is 33.9 Å². The predicted molar refractivity (Wildman–Crippen MR) is 132 cm³/mol. The third kappa shape index (κ3) is 13.2. The van der Waals surface area contributed by atoms with Gasteiger partial charge in [-0.05, 0) is 74.2 Å². The highest BCUT2D eigenvalue weighted by Crippen LogP contribution is 2.28. The van der Waals surface area contributed by atoms with Crippen LogP contribution in [0.2, 0.25) is 0 Å². The Hall–Kier alpha value is -2.19. The Kier molecular flexibility index (Phi) is 17.0. The summed E-state index contributed by atoms with van der Waals surface area (Å²) in [7, 11) is 4.95. The monoisotopic (exact) mass is 486 g/mol. The summed E-state index contributed by atoms with van der Waals surface area (Å²) in [5.41, 5.74) is 3.51. The molecule has 2 aromatic rings. The van der Waals surface area contributed by atoms with Gasteiger partial charge in [0.2, 0.25) is 0 Å². The van der Waals surface area contributed by atoms with Crippen molar-refractivity contribution in [1.82, 2.24) is 0 Å². The number of hydrogen-bond acceptors (Lipinski definition) is 7. The zero-order valence-electron chi connectivity index (χ0n) is 20.9. The van der Waals surface area contributed by atoms with Crippen molar-refractivity contribution in [3.8, 4) is 23.0 Å². The van der Waals surface area contributed by atoms with Gasteiger partial charge in [-0.2, -0.15) is 0 Å². The first-order chi connectivity index (χ1) is 15.7. The van der Waals surface area contributed by atoms with Crippen molar-refractivity contribution in [1.29, 1.82) is 0 Å². The minimum atomic E-state index is 0.232. The first-order valence-electron chi connectivity index (χ1n) is 10.6. The van der Waals surface area contributed by atoms with E-state index in [1.54, 1.807) is 47.3 Å². The highest BCUT2D eigenvalue weighted by molar-refractivity contribution is 6.17.